The number of nitrogens with zero attached hydrogens (tertiary/aromatic N) is 2. The summed E-state index contributed by atoms with van der Waals surface area (Å²) in [4.78, 5) is 18.3. The first-order valence-electron chi connectivity index (χ1n) is 6.26. The third-order valence-electron chi connectivity index (χ3n) is 2.98. The zero-order valence-electron chi connectivity index (χ0n) is 11.7. The largest absolute Gasteiger partial charge is 0.354 e. The summed E-state index contributed by atoms with van der Waals surface area (Å²) in [5, 5.41) is 0.852. The Bertz CT molecular complexity index is 570. The first-order valence-corrected chi connectivity index (χ1v) is 7.08. The highest BCUT2D eigenvalue weighted by Gasteiger charge is 2.13. The van der Waals surface area contributed by atoms with Crippen molar-refractivity contribution in [2.45, 2.75) is 19.8 Å². The van der Waals surface area contributed by atoms with Gasteiger partial charge < -0.3 is 4.90 Å². The molecule has 0 saturated carbocycles. The molecule has 0 N–H and O–H groups in total. The first-order chi connectivity index (χ1) is 9.02. The summed E-state index contributed by atoms with van der Waals surface area (Å²) in [7, 11) is 3.86. The van der Waals surface area contributed by atoms with Crippen LogP contribution in [0.25, 0.3) is 11.3 Å². The van der Waals surface area contributed by atoms with Gasteiger partial charge in [-0.25, -0.2) is 4.98 Å². The minimum atomic E-state index is 0.507. The molecule has 0 radical (unpaired) electrons. The maximum Gasteiger partial charge on any atom is 0.186 e. The lowest BCUT2D eigenvalue weighted by Gasteiger charge is -2.07. The molecule has 0 aliphatic carbocycles. The number of hydrogen-bond acceptors (Lipinski definition) is 4. The molecular formula is C15H18N2OS. The van der Waals surface area contributed by atoms with E-state index in [1.807, 2.05) is 31.1 Å². The summed E-state index contributed by atoms with van der Waals surface area (Å²) in [5.41, 5.74) is 3.06. The van der Waals surface area contributed by atoms with Crippen LogP contribution in [0.5, 0.6) is 0 Å². The van der Waals surface area contributed by atoms with Gasteiger partial charge in [0.25, 0.3) is 0 Å². The molecule has 0 aliphatic rings. The Kier molecular flexibility index (Phi) is 4.00. The van der Waals surface area contributed by atoms with Crippen LogP contribution < -0.4 is 4.90 Å². The summed E-state index contributed by atoms with van der Waals surface area (Å²) < 4.78 is 0. The van der Waals surface area contributed by atoms with Gasteiger partial charge in [0, 0.05) is 19.7 Å². The average Bonchev–Trinajstić information content (AvgIpc) is 2.83. The molecule has 100 valence electrons. The van der Waals surface area contributed by atoms with Crippen molar-refractivity contribution in [3.63, 3.8) is 0 Å². The third kappa shape index (κ3) is 2.84. The zero-order valence-corrected chi connectivity index (χ0v) is 12.5. The Morgan fingerprint density at radius 3 is 2.32 bits per heavy atom. The highest BCUT2D eigenvalue weighted by Crippen LogP contribution is 2.31. The smallest absolute Gasteiger partial charge is 0.186 e. The number of thiazole rings is 1. The van der Waals surface area contributed by atoms with Crippen molar-refractivity contribution >= 4 is 22.8 Å². The molecule has 0 amide bonds. The Labute approximate surface area is 117 Å². The second-order valence-corrected chi connectivity index (χ2v) is 6.01. The maximum absolute atomic E-state index is 11.2. The van der Waals surface area contributed by atoms with Gasteiger partial charge in [0.05, 0.1) is 10.6 Å². The van der Waals surface area contributed by atoms with Gasteiger partial charge in [-0.05, 0) is 11.5 Å². The summed E-state index contributed by atoms with van der Waals surface area (Å²) in [5.74, 6) is 0.507. The Hall–Kier alpha value is -1.68. The van der Waals surface area contributed by atoms with Crippen molar-refractivity contribution < 1.29 is 4.79 Å². The van der Waals surface area contributed by atoms with E-state index in [0.29, 0.717) is 10.8 Å². The first kappa shape index (κ1) is 13.7. The Balaban J connectivity index is 2.43. The predicted molar refractivity (Wildman–Crippen MR) is 81.4 cm³/mol. The van der Waals surface area contributed by atoms with Crippen LogP contribution in [0.3, 0.4) is 0 Å². The molecule has 2 aromatic rings. The van der Waals surface area contributed by atoms with Crippen molar-refractivity contribution in [1.29, 1.82) is 0 Å². The van der Waals surface area contributed by atoms with Gasteiger partial charge in [0.15, 0.2) is 11.4 Å². The fourth-order valence-electron chi connectivity index (χ4n) is 1.82. The summed E-state index contributed by atoms with van der Waals surface area (Å²) >= 11 is 1.42. The van der Waals surface area contributed by atoms with Gasteiger partial charge in [-0.2, -0.15) is 0 Å². The summed E-state index contributed by atoms with van der Waals surface area (Å²) in [6.07, 6.45) is 0.885. The van der Waals surface area contributed by atoms with Crippen LogP contribution in [-0.4, -0.2) is 25.4 Å². The van der Waals surface area contributed by atoms with Crippen molar-refractivity contribution in [2.75, 3.05) is 19.0 Å². The van der Waals surface area contributed by atoms with Crippen molar-refractivity contribution in [3.05, 3.63) is 34.7 Å². The molecule has 0 spiro atoms. The molecule has 1 aromatic heterocycles. The van der Waals surface area contributed by atoms with Crippen molar-refractivity contribution in [3.8, 4) is 11.3 Å². The molecule has 0 aliphatic heterocycles. The lowest BCUT2D eigenvalue weighted by Crippen LogP contribution is -2.07. The number of benzene rings is 1. The number of rotatable bonds is 4. The van der Waals surface area contributed by atoms with E-state index in [4.69, 9.17) is 0 Å². The second kappa shape index (κ2) is 5.53. The van der Waals surface area contributed by atoms with Crippen LogP contribution in [0.15, 0.2) is 24.3 Å². The van der Waals surface area contributed by atoms with Crippen LogP contribution >= 0.6 is 11.3 Å². The van der Waals surface area contributed by atoms with E-state index >= 15 is 0 Å². The predicted octanol–water partition coefficient (Wildman–Crippen LogP) is 3.81. The number of carbonyl (C=O) groups excluding carboxylic acids is 1. The van der Waals surface area contributed by atoms with Crippen molar-refractivity contribution in [1.82, 2.24) is 4.98 Å². The summed E-state index contributed by atoms with van der Waals surface area (Å²) in [6, 6.07) is 8.28. The SMILES string of the molecule is CC(C)c1ccc(-c2nc(N(C)C)sc2C=O)cc1. The normalized spacial score (nSPS) is 10.8. The Morgan fingerprint density at radius 1 is 1.21 bits per heavy atom. The highest BCUT2D eigenvalue weighted by atomic mass is 32.1. The highest BCUT2D eigenvalue weighted by molar-refractivity contribution is 7.17. The van der Waals surface area contributed by atoms with E-state index in [1.54, 1.807) is 0 Å². The van der Waals surface area contributed by atoms with Crippen LogP contribution in [0.1, 0.15) is 35.0 Å². The Morgan fingerprint density at radius 2 is 1.84 bits per heavy atom. The van der Waals surface area contributed by atoms with Crippen molar-refractivity contribution in [2.24, 2.45) is 0 Å². The molecule has 2 rings (SSSR count). The van der Waals surface area contributed by atoms with E-state index in [2.05, 4.69) is 31.0 Å². The number of carbonyl (C=O) groups is 1. The van der Waals surface area contributed by atoms with E-state index in [9.17, 15) is 4.79 Å². The monoisotopic (exact) mass is 274 g/mol. The molecule has 1 heterocycles. The molecule has 4 heteroatoms. The van der Waals surface area contributed by atoms with Gasteiger partial charge in [-0.1, -0.05) is 49.4 Å². The topological polar surface area (TPSA) is 33.2 Å². The summed E-state index contributed by atoms with van der Waals surface area (Å²) in [6.45, 7) is 4.33. The minimum Gasteiger partial charge on any atom is -0.354 e. The van der Waals surface area contributed by atoms with E-state index in [-0.39, 0.29) is 0 Å². The quantitative estimate of drug-likeness (QED) is 0.795. The van der Waals surface area contributed by atoms with E-state index in [0.717, 1.165) is 22.7 Å². The molecule has 1 aromatic carbocycles. The molecule has 19 heavy (non-hydrogen) atoms. The number of hydrogen-bond donors (Lipinski definition) is 0. The third-order valence-corrected chi connectivity index (χ3v) is 4.13. The lowest BCUT2D eigenvalue weighted by molar-refractivity contribution is 0.112. The van der Waals surface area contributed by atoms with Crippen LogP contribution in [0.2, 0.25) is 0 Å². The number of anilines is 1. The minimum absolute atomic E-state index is 0.507. The second-order valence-electron chi connectivity index (χ2n) is 5.00. The van der Waals surface area contributed by atoms with Gasteiger partial charge in [-0.15, -0.1) is 0 Å². The fourth-order valence-corrected chi connectivity index (χ4v) is 2.65. The van der Waals surface area contributed by atoms with E-state index in [1.165, 1.54) is 16.9 Å². The average molecular weight is 274 g/mol. The van der Waals surface area contributed by atoms with Gasteiger partial charge in [-0.3, -0.25) is 4.79 Å². The zero-order chi connectivity index (χ0) is 14.0. The molecule has 3 nitrogen and oxygen atoms in total. The van der Waals surface area contributed by atoms with E-state index < -0.39 is 0 Å². The number of aromatic nitrogens is 1. The standard InChI is InChI=1S/C15H18N2OS/c1-10(2)11-5-7-12(8-6-11)14-13(9-18)19-15(16-14)17(3)4/h5-10H,1-4H3. The van der Waals surface area contributed by atoms with Crippen LogP contribution in [-0.2, 0) is 0 Å². The molecule has 0 fully saturated rings. The molecular weight excluding hydrogens is 256 g/mol. The fraction of sp³-hybridized carbons (Fsp3) is 0.333. The van der Waals surface area contributed by atoms with Gasteiger partial charge in [0.1, 0.15) is 0 Å². The van der Waals surface area contributed by atoms with Gasteiger partial charge in [0.2, 0.25) is 0 Å². The lowest BCUT2D eigenvalue weighted by atomic mass is 10.0. The van der Waals surface area contributed by atoms with Gasteiger partial charge >= 0.3 is 0 Å². The molecule has 0 bridgehead atoms. The molecule has 0 saturated heterocycles. The number of aldehydes is 1. The van der Waals surface area contributed by atoms with Crippen LogP contribution in [0.4, 0.5) is 5.13 Å². The molecule has 0 atom stereocenters. The molecule has 0 unspecified atom stereocenters. The maximum atomic E-state index is 11.2. The van der Waals surface area contributed by atoms with Crippen LogP contribution in [0, 0.1) is 0 Å².